The van der Waals surface area contributed by atoms with Crippen molar-refractivity contribution in [3.63, 3.8) is 0 Å². The van der Waals surface area contributed by atoms with Crippen molar-refractivity contribution >= 4 is 34.8 Å². The summed E-state index contributed by atoms with van der Waals surface area (Å²) in [5.41, 5.74) is -0.515. The predicted octanol–water partition coefficient (Wildman–Crippen LogP) is 2.23. The number of hydrogen-bond acceptors (Lipinski definition) is 4. The molecular weight excluding hydrogens is 295 g/mol. The van der Waals surface area contributed by atoms with Gasteiger partial charge in [0.2, 0.25) is 0 Å². The van der Waals surface area contributed by atoms with Crippen molar-refractivity contribution in [2.75, 3.05) is 20.3 Å². The number of carbonyl (C=O) groups is 1. The number of nitrogens with one attached hydrogen (secondary N) is 1. The zero-order valence-corrected chi connectivity index (χ0v) is 11.6. The highest BCUT2D eigenvalue weighted by Gasteiger charge is 2.23. The van der Waals surface area contributed by atoms with Crippen LogP contribution in [0.25, 0.3) is 0 Å². The Morgan fingerprint density at radius 2 is 2.26 bits per heavy atom. The molecule has 1 unspecified atom stereocenters. The van der Waals surface area contributed by atoms with Crippen LogP contribution in [-0.4, -0.2) is 36.5 Å². The molecule has 0 spiro atoms. The second-order valence-corrected chi connectivity index (χ2v) is 4.68. The third-order valence-electron chi connectivity index (χ3n) is 2.25. The molecule has 1 aromatic carbocycles. The van der Waals surface area contributed by atoms with Gasteiger partial charge in [0.1, 0.15) is 5.56 Å². The number of carbonyl (C=O) groups excluding carboxylic acids is 1. The largest absolute Gasteiger partial charge is 0.383 e. The Kier molecular flexibility index (Phi) is 6.01. The van der Waals surface area contributed by atoms with Gasteiger partial charge in [-0.25, -0.2) is 0 Å². The SMILES string of the molecule is COCC(Cl)CNC(=O)c1c(Cl)cccc1[N+](=O)[O-]. The lowest BCUT2D eigenvalue weighted by molar-refractivity contribution is -0.385. The van der Waals surface area contributed by atoms with E-state index in [0.717, 1.165) is 0 Å². The molecule has 104 valence electrons. The maximum absolute atomic E-state index is 11.9. The summed E-state index contributed by atoms with van der Waals surface area (Å²) in [6, 6.07) is 4.04. The summed E-state index contributed by atoms with van der Waals surface area (Å²) in [4.78, 5) is 22.1. The molecule has 6 nitrogen and oxygen atoms in total. The Morgan fingerprint density at radius 1 is 1.58 bits per heavy atom. The topological polar surface area (TPSA) is 81.5 Å². The van der Waals surface area contributed by atoms with Crippen LogP contribution in [0.4, 0.5) is 5.69 Å². The molecule has 0 aromatic heterocycles. The Bertz CT molecular complexity index is 482. The highest BCUT2D eigenvalue weighted by Crippen LogP contribution is 2.25. The van der Waals surface area contributed by atoms with Crippen molar-refractivity contribution in [2.45, 2.75) is 5.38 Å². The van der Waals surface area contributed by atoms with Gasteiger partial charge >= 0.3 is 0 Å². The molecule has 0 saturated carbocycles. The van der Waals surface area contributed by atoms with Crippen LogP contribution in [0.2, 0.25) is 5.02 Å². The normalized spacial score (nSPS) is 11.9. The fourth-order valence-electron chi connectivity index (χ4n) is 1.42. The van der Waals surface area contributed by atoms with Gasteiger partial charge in [-0.05, 0) is 6.07 Å². The van der Waals surface area contributed by atoms with E-state index < -0.39 is 16.2 Å². The number of methoxy groups -OCH3 is 1. The lowest BCUT2D eigenvalue weighted by Gasteiger charge is -2.10. The maximum atomic E-state index is 11.9. The van der Waals surface area contributed by atoms with E-state index in [1.807, 2.05) is 0 Å². The molecule has 0 aliphatic rings. The second kappa shape index (κ2) is 7.28. The van der Waals surface area contributed by atoms with E-state index in [-0.39, 0.29) is 29.4 Å². The van der Waals surface area contributed by atoms with E-state index >= 15 is 0 Å². The Labute approximate surface area is 119 Å². The van der Waals surface area contributed by atoms with E-state index in [1.165, 1.54) is 25.3 Å². The average molecular weight is 307 g/mol. The summed E-state index contributed by atoms with van der Waals surface area (Å²) in [5, 5.41) is 12.9. The smallest absolute Gasteiger partial charge is 0.283 e. The van der Waals surface area contributed by atoms with Gasteiger partial charge in [-0.15, -0.1) is 11.6 Å². The minimum atomic E-state index is -0.659. The summed E-state index contributed by atoms with van der Waals surface area (Å²) in [6.45, 7) is 0.378. The van der Waals surface area contributed by atoms with E-state index in [4.69, 9.17) is 27.9 Å². The summed E-state index contributed by atoms with van der Waals surface area (Å²) in [6.07, 6.45) is 0. The molecule has 1 amide bonds. The number of nitro groups is 1. The van der Waals surface area contributed by atoms with Crippen LogP contribution in [0.15, 0.2) is 18.2 Å². The highest BCUT2D eigenvalue weighted by molar-refractivity contribution is 6.34. The second-order valence-electron chi connectivity index (χ2n) is 3.65. The summed E-state index contributed by atoms with van der Waals surface area (Å²) >= 11 is 11.7. The number of nitro benzene ring substituents is 1. The molecule has 1 atom stereocenters. The Hall–Kier alpha value is -1.37. The third kappa shape index (κ3) is 4.34. The fourth-order valence-corrected chi connectivity index (χ4v) is 1.88. The van der Waals surface area contributed by atoms with Gasteiger partial charge in [0.25, 0.3) is 11.6 Å². The average Bonchev–Trinajstić information content (AvgIpc) is 2.36. The van der Waals surface area contributed by atoms with E-state index in [0.29, 0.717) is 0 Å². The van der Waals surface area contributed by atoms with Gasteiger partial charge in [0.15, 0.2) is 0 Å². The summed E-state index contributed by atoms with van der Waals surface area (Å²) in [7, 11) is 1.48. The van der Waals surface area contributed by atoms with Crippen molar-refractivity contribution in [1.82, 2.24) is 5.32 Å². The number of halogens is 2. The van der Waals surface area contributed by atoms with Crippen LogP contribution in [0.5, 0.6) is 0 Å². The zero-order chi connectivity index (χ0) is 14.4. The maximum Gasteiger partial charge on any atom is 0.283 e. The minimum Gasteiger partial charge on any atom is -0.383 e. The van der Waals surface area contributed by atoms with Crippen LogP contribution in [0.1, 0.15) is 10.4 Å². The van der Waals surface area contributed by atoms with Crippen LogP contribution in [0.3, 0.4) is 0 Å². The summed E-state index contributed by atoms with van der Waals surface area (Å²) < 4.78 is 4.81. The molecule has 19 heavy (non-hydrogen) atoms. The van der Waals surface area contributed by atoms with Crippen molar-refractivity contribution in [1.29, 1.82) is 0 Å². The van der Waals surface area contributed by atoms with Gasteiger partial charge in [0, 0.05) is 19.7 Å². The molecule has 0 heterocycles. The van der Waals surface area contributed by atoms with Gasteiger partial charge in [-0.1, -0.05) is 17.7 Å². The number of amides is 1. The number of benzene rings is 1. The summed E-state index contributed by atoms with van der Waals surface area (Å²) in [5.74, 6) is -0.640. The zero-order valence-electron chi connectivity index (χ0n) is 10.1. The molecule has 8 heteroatoms. The Balaban J connectivity index is 2.85. The first-order valence-corrected chi connectivity index (χ1v) is 6.13. The highest BCUT2D eigenvalue weighted by atomic mass is 35.5. The Morgan fingerprint density at radius 3 is 2.84 bits per heavy atom. The van der Waals surface area contributed by atoms with E-state index in [2.05, 4.69) is 5.32 Å². The molecule has 0 radical (unpaired) electrons. The molecule has 0 aliphatic carbocycles. The first-order chi connectivity index (χ1) is 8.97. The number of rotatable bonds is 6. The van der Waals surface area contributed by atoms with Crippen LogP contribution in [0, 0.1) is 10.1 Å². The van der Waals surface area contributed by atoms with E-state index in [1.54, 1.807) is 0 Å². The first-order valence-electron chi connectivity index (χ1n) is 5.31. The number of nitrogens with zero attached hydrogens (tertiary/aromatic N) is 1. The third-order valence-corrected chi connectivity index (χ3v) is 2.84. The standard InChI is InChI=1S/C11H12Cl2N2O4/c1-19-6-7(12)5-14-11(16)10-8(13)3-2-4-9(10)15(17)18/h2-4,7H,5-6H2,1H3,(H,14,16). The molecule has 0 aliphatic heterocycles. The molecule has 1 N–H and O–H groups in total. The van der Waals surface area contributed by atoms with Crippen molar-refractivity contribution in [3.05, 3.63) is 38.9 Å². The quantitative estimate of drug-likeness (QED) is 0.496. The van der Waals surface area contributed by atoms with Crippen LogP contribution >= 0.6 is 23.2 Å². The molecule has 0 bridgehead atoms. The number of ether oxygens (including phenoxy) is 1. The van der Waals surface area contributed by atoms with Crippen molar-refractivity contribution in [3.8, 4) is 0 Å². The molecule has 1 aromatic rings. The molecule has 1 rings (SSSR count). The lowest BCUT2D eigenvalue weighted by Crippen LogP contribution is -2.32. The predicted molar refractivity (Wildman–Crippen MR) is 72.0 cm³/mol. The molecule has 0 saturated heterocycles. The van der Waals surface area contributed by atoms with Crippen molar-refractivity contribution in [2.24, 2.45) is 0 Å². The monoisotopic (exact) mass is 306 g/mol. The van der Waals surface area contributed by atoms with Gasteiger partial charge in [0.05, 0.1) is 21.9 Å². The van der Waals surface area contributed by atoms with Gasteiger partial charge in [-0.3, -0.25) is 14.9 Å². The first kappa shape index (κ1) is 15.7. The molecule has 0 fully saturated rings. The fraction of sp³-hybridized carbons (Fsp3) is 0.364. The lowest BCUT2D eigenvalue weighted by atomic mass is 10.1. The number of alkyl halides is 1. The van der Waals surface area contributed by atoms with Crippen molar-refractivity contribution < 1.29 is 14.5 Å². The van der Waals surface area contributed by atoms with Gasteiger partial charge < -0.3 is 10.1 Å². The molecular formula is C11H12Cl2N2O4. The number of hydrogen-bond donors (Lipinski definition) is 1. The van der Waals surface area contributed by atoms with E-state index in [9.17, 15) is 14.9 Å². The van der Waals surface area contributed by atoms with Gasteiger partial charge in [-0.2, -0.15) is 0 Å². The van der Waals surface area contributed by atoms with Crippen LogP contribution < -0.4 is 5.32 Å². The minimum absolute atomic E-state index is 0.0181. The van der Waals surface area contributed by atoms with Crippen LogP contribution in [-0.2, 0) is 4.74 Å².